The fourth-order valence-corrected chi connectivity index (χ4v) is 2.92. The first-order valence-electron chi connectivity index (χ1n) is 6.48. The van der Waals surface area contributed by atoms with E-state index in [9.17, 15) is 0 Å². The highest BCUT2D eigenvalue weighted by molar-refractivity contribution is 5.70. The molecule has 0 amide bonds. The second kappa shape index (κ2) is 3.70. The van der Waals surface area contributed by atoms with Gasteiger partial charge in [-0.2, -0.15) is 0 Å². The lowest BCUT2D eigenvalue weighted by Gasteiger charge is -2.03. The van der Waals surface area contributed by atoms with Gasteiger partial charge in [0.1, 0.15) is 5.65 Å². The van der Waals surface area contributed by atoms with Crippen LogP contribution in [0.15, 0.2) is 48.7 Å². The van der Waals surface area contributed by atoms with Crippen molar-refractivity contribution in [2.45, 2.75) is 19.3 Å². The van der Waals surface area contributed by atoms with Gasteiger partial charge in [-0.1, -0.05) is 30.3 Å². The molecular weight excluding hydrogens is 220 g/mol. The summed E-state index contributed by atoms with van der Waals surface area (Å²) in [6.07, 6.45) is 5.58. The normalized spacial score (nSPS) is 14.0. The van der Waals surface area contributed by atoms with Gasteiger partial charge in [-0.3, -0.25) is 0 Å². The predicted octanol–water partition coefficient (Wildman–Crippen LogP) is 3.49. The topological polar surface area (TPSA) is 17.3 Å². The molecule has 1 aliphatic rings. The lowest BCUT2D eigenvalue weighted by atomic mass is 10.0. The van der Waals surface area contributed by atoms with Crippen molar-refractivity contribution in [2.24, 2.45) is 0 Å². The summed E-state index contributed by atoms with van der Waals surface area (Å²) in [5.74, 6) is 0. The molecule has 2 heterocycles. The molecule has 2 nitrogen and oxygen atoms in total. The van der Waals surface area contributed by atoms with Crippen LogP contribution in [-0.4, -0.2) is 9.38 Å². The van der Waals surface area contributed by atoms with E-state index in [0.717, 1.165) is 18.5 Å². The number of hydrogen-bond donors (Lipinski definition) is 0. The van der Waals surface area contributed by atoms with Crippen molar-refractivity contribution in [3.05, 3.63) is 59.9 Å². The Morgan fingerprint density at radius 1 is 0.944 bits per heavy atom. The molecule has 0 N–H and O–H groups in total. The Hall–Kier alpha value is -2.09. The minimum Gasteiger partial charge on any atom is -0.303 e. The zero-order valence-corrected chi connectivity index (χ0v) is 10.1. The maximum atomic E-state index is 4.82. The van der Waals surface area contributed by atoms with E-state index in [2.05, 4.69) is 47.0 Å². The van der Waals surface area contributed by atoms with Crippen molar-refractivity contribution in [1.82, 2.24) is 9.38 Å². The molecule has 0 spiro atoms. The molecule has 0 fully saturated rings. The van der Waals surface area contributed by atoms with Crippen LogP contribution in [0.3, 0.4) is 0 Å². The number of aryl methyl sites for hydroxylation is 2. The van der Waals surface area contributed by atoms with Crippen LogP contribution >= 0.6 is 0 Å². The third kappa shape index (κ3) is 1.32. The maximum absolute atomic E-state index is 4.82. The molecule has 2 heteroatoms. The Kier molecular flexibility index (Phi) is 2.04. The number of rotatable bonds is 0. The molecule has 2 aromatic heterocycles. The number of imidazole rings is 1. The summed E-state index contributed by atoms with van der Waals surface area (Å²) in [6, 6.07) is 14.9. The second-order valence-electron chi connectivity index (χ2n) is 4.85. The zero-order chi connectivity index (χ0) is 11.9. The molecule has 0 bridgehead atoms. The lowest BCUT2D eigenvalue weighted by molar-refractivity contribution is 0.805. The van der Waals surface area contributed by atoms with E-state index < -0.39 is 0 Å². The second-order valence-corrected chi connectivity index (χ2v) is 4.85. The van der Waals surface area contributed by atoms with Gasteiger partial charge in [0.15, 0.2) is 0 Å². The fourth-order valence-electron chi connectivity index (χ4n) is 2.92. The highest BCUT2D eigenvalue weighted by Gasteiger charge is 2.18. The number of fused-ring (bicyclic) bond motifs is 5. The molecule has 0 unspecified atom stereocenters. The quantitative estimate of drug-likeness (QED) is 0.582. The summed E-state index contributed by atoms with van der Waals surface area (Å²) < 4.78 is 2.23. The SMILES string of the molecule is c1ccc2c(c1)CCCc1c-2nc2ccccn12. The summed E-state index contributed by atoms with van der Waals surface area (Å²) in [6.45, 7) is 0. The van der Waals surface area contributed by atoms with E-state index >= 15 is 0 Å². The van der Waals surface area contributed by atoms with E-state index in [1.165, 1.54) is 28.9 Å². The molecule has 0 saturated carbocycles. The Balaban J connectivity index is 2.09. The smallest absolute Gasteiger partial charge is 0.137 e. The van der Waals surface area contributed by atoms with Gasteiger partial charge in [0.25, 0.3) is 0 Å². The van der Waals surface area contributed by atoms with Crippen molar-refractivity contribution in [3.8, 4) is 11.3 Å². The highest BCUT2D eigenvalue weighted by atomic mass is 15.0. The number of benzene rings is 1. The van der Waals surface area contributed by atoms with Crippen LogP contribution in [0.25, 0.3) is 16.9 Å². The first-order valence-corrected chi connectivity index (χ1v) is 6.48. The third-order valence-corrected chi connectivity index (χ3v) is 3.76. The standard InChI is InChI=1S/C16H14N2/c1-2-8-13-12(6-1)7-5-9-14-16(13)17-15-10-3-4-11-18(14)15/h1-4,6,8,10-11H,5,7,9H2. The molecule has 1 aliphatic carbocycles. The van der Waals surface area contributed by atoms with Crippen molar-refractivity contribution in [2.75, 3.05) is 0 Å². The van der Waals surface area contributed by atoms with Crippen molar-refractivity contribution >= 4 is 5.65 Å². The molecule has 88 valence electrons. The fraction of sp³-hybridized carbons (Fsp3) is 0.188. The first-order chi connectivity index (χ1) is 8.93. The van der Waals surface area contributed by atoms with Crippen LogP contribution in [0.2, 0.25) is 0 Å². The number of nitrogens with zero attached hydrogens (tertiary/aromatic N) is 2. The summed E-state index contributed by atoms with van der Waals surface area (Å²) in [7, 11) is 0. The van der Waals surface area contributed by atoms with Crippen molar-refractivity contribution in [3.63, 3.8) is 0 Å². The molecule has 18 heavy (non-hydrogen) atoms. The lowest BCUT2D eigenvalue weighted by Crippen LogP contribution is -1.92. The highest BCUT2D eigenvalue weighted by Crippen LogP contribution is 2.32. The van der Waals surface area contributed by atoms with Crippen molar-refractivity contribution < 1.29 is 0 Å². The zero-order valence-electron chi connectivity index (χ0n) is 10.1. The number of pyridine rings is 1. The Morgan fingerprint density at radius 2 is 1.83 bits per heavy atom. The molecule has 0 saturated heterocycles. The summed E-state index contributed by atoms with van der Waals surface area (Å²) >= 11 is 0. The minimum atomic E-state index is 1.05. The molecule has 3 aromatic rings. The van der Waals surface area contributed by atoms with Crippen molar-refractivity contribution in [1.29, 1.82) is 0 Å². The monoisotopic (exact) mass is 234 g/mol. The van der Waals surface area contributed by atoms with Gasteiger partial charge < -0.3 is 4.40 Å². The Bertz CT molecular complexity index is 725. The van der Waals surface area contributed by atoms with E-state index in [1.54, 1.807) is 0 Å². The molecular formula is C16H14N2. The van der Waals surface area contributed by atoms with Gasteiger partial charge in [0.05, 0.1) is 11.4 Å². The number of aromatic nitrogens is 2. The van der Waals surface area contributed by atoms with Gasteiger partial charge in [-0.15, -0.1) is 0 Å². The average Bonchev–Trinajstić information content (AvgIpc) is 2.69. The van der Waals surface area contributed by atoms with E-state index in [4.69, 9.17) is 4.98 Å². The summed E-state index contributed by atoms with van der Waals surface area (Å²) in [5, 5.41) is 0. The minimum absolute atomic E-state index is 1.05. The van der Waals surface area contributed by atoms with Gasteiger partial charge >= 0.3 is 0 Å². The number of hydrogen-bond acceptors (Lipinski definition) is 1. The van der Waals surface area contributed by atoms with E-state index in [-0.39, 0.29) is 0 Å². The predicted molar refractivity (Wildman–Crippen MR) is 72.7 cm³/mol. The molecule has 4 rings (SSSR count). The first kappa shape index (κ1) is 9.89. The van der Waals surface area contributed by atoms with Crippen LogP contribution in [0.4, 0.5) is 0 Å². The van der Waals surface area contributed by atoms with E-state index in [1.807, 2.05) is 6.07 Å². The molecule has 0 radical (unpaired) electrons. The Morgan fingerprint density at radius 3 is 2.83 bits per heavy atom. The largest absolute Gasteiger partial charge is 0.303 e. The molecule has 0 aliphatic heterocycles. The average molecular weight is 234 g/mol. The summed E-state index contributed by atoms with van der Waals surface area (Å²) in [5.41, 5.74) is 6.33. The van der Waals surface area contributed by atoms with Gasteiger partial charge in [0, 0.05) is 11.8 Å². The third-order valence-electron chi connectivity index (χ3n) is 3.76. The molecule has 1 aromatic carbocycles. The molecule has 0 atom stereocenters. The van der Waals surface area contributed by atoms with E-state index in [0.29, 0.717) is 0 Å². The maximum Gasteiger partial charge on any atom is 0.137 e. The van der Waals surface area contributed by atoms with Gasteiger partial charge in [0.2, 0.25) is 0 Å². The van der Waals surface area contributed by atoms with Gasteiger partial charge in [-0.25, -0.2) is 4.98 Å². The Labute approximate surface area is 106 Å². The van der Waals surface area contributed by atoms with Crippen LogP contribution < -0.4 is 0 Å². The van der Waals surface area contributed by atoms with Crippen LogP contribution in [0.5, 0.6) is 0 Å². The summed E-state index contributed by atoms with van der Waals surface area (Å²) in [4.78, 5) is 4.82. The van der Waals surface area contributed by atoms with Gasteiger partial charge in [-0.05, 0) is 37.0 Å². The van der Waals surface area contributed by atoms with Crippen LogP contribution in [0.1, 0.15) is 17.7 Å². The van der Waals surface area contributed by atoms with Crippen LogP contribution in [-0.2, 0) is 12.8 Å². The van der Waals surface area contributed by atoms with Crippen LogP contribution in [0, 0.1) is 0 Å².